The Bertz CT molecular complexity index is 625. The molecule has 0 aliphatic carbocycles. The SMILES string of the molecule is Cc1ccc(OCCCc2nnc(SCC(=O)O)n2C)cc1. The van der Waals surface area contributed by atoms with Gasteiger partial charge in [-0.2, -0.15) is 0 Å². The fourth-order valence-corrected chi connectivity index (χ4v) is 2.52. The topological polar surface area (TPSA) is 77.2 Å². The van der Waals surface area contributed by atoms with E-state index in [1.54, 1.807) is 0 Å². The van der Waals surface area contributed by atoms with Crippen molar-refractivity contribution in [1.82, 2.24) is 14.8 Å². The average Bonchev–Trinajstić information content (AvgIpc) is 2.84. The van der Waals surface area contributed by atoms with E-state index in [4.69, 9.17) is 9.84 Å². The Labute approximate surface area is 133 Å². The summed E-state index contributed by atoms with van der Waals surface area (Å²) in [5.41, 5.74) is 1.21. The van der Waals surface area contributed by atoms with E-state index in [1.807, 2.05) is 42.8 Å². The number of carboxylic acid groups (broad SMARTS) is 1. The van der Waals surface area contributed by atoms with Crippen LogP contribution >= 0.6 is 11.8 Å². The molecule has 6 nitrogen and oxygen atoms in total. The molecule has 1 N–H and O–H groups in total. The molecule has 7 heteroatoms. The van der Waals surface area contributed by atoms with Gasteiger partial charge < -0.3 is 14.4 Å². The number of rotatable bonds is 8. The molecule has 1 aromatic carbocycles. The van der Waals surface area contributed by atoms with E-state index in [1.165, 1.54) is 17.3 Å². The van der Waals surface area contributed by atoms with Crippen molar-refractivity contribution in [2.75, 3.05) is 12.4 Å². The van der Waals surface area contributed by atoms with Crippen LogP contribution in [0.2, 0.25) is 0 Å². The predicted molar refractivity (Wildman–Crippen MR) is 84.4 cm³/mol. The number of carbonyl (C=O) groups is 1. The van der Waals surface area contributed by atoms with Crippen molar-refractivity contribution < 1.29 is 14.6 Å². The van der Waals surface area contributed by atoms with Gasteiger partial charge in [0.1, 0.15) is 11.6 Å². The van der Waals surface area contributed by atoms with Gasteiger partial charge in [0, 0.05) is 13.5 Å². The summed E-state index contributed by atoms with van der Waals surface area (Å²) in [6.07, 6.45) is 1.56. The van der Waals surface area contributed by atoms with Gasteiger partial charge in [-0.05, 0) is 25.5 Å². The Kier molecular flexibility index (Phi) is 5.83. The van der Waals surface area contributed by atoms with Crippen LogP contribution in [0.1, 0.15) is 17.8 Å². The zero-order valence-electron chi connectivity index (χ0n) is 12.7. The number of hydrogen-bond acceptors (Lipinski definition) is 5. The Morgan fingerprint density at radius 1 is 1.32 bits per heavy atom. The summed E-state index contributed by atoms with van der Waals surface area (Å²) in [5, 5.41) is 17.4. The van der Waals surface area contributed by atoms with Crippen molar-refractivity contribution in [3.05, 3.63) is 35.7 Å². The largest absolute Gasteiger partial charge is 0.494 e. The lowest BCUT2D eigenvalue weighted by molar-refractivity contribution is -0.133. The molecular formula is C15H19N3O3S. The maximum Gasteiger partial charge on any atom is 0.313 e. The third-order valence-electron chi connectivity index (χ3n) is 3.08. The number of carboxylic acids is 1. The van der Waals surface area contributed by atoms with E-state index >= 15 is 0 Å². The van der Waals surface area contributed by atoms with Crippen molar-refractivity contribution in [3.8, 4) is 5.75 Å². The number of ether oxygens (including phenoxy) is 1. The summed E-state index contributed by atoms with van der Waals surface area (Å²) in [7, 11) is 1.85. The predicted octanol–water partition coefficient (Wildman–Crippen LogP) is 2.31. The standard InChI is InChI=1S/C15H19N3O3S/c1-11-5-7-12(8-6-11)21-9-3-4-13-16-17-15(18(13)2)22-10-14(19)20/h5-8H,3-4,9-10H2,1-2H3,(H,19,20). The van der Waals surface area contributed by atoms with E-state index in [0.29, 0.717) is 11.8 Å². The third-order valence-corrected chi connectivity index (χ3v) is 4.09. The molecule has 2 aromatic rings. The Balaban J connectivity index is 1.77. The molecule has 0 aliphatic rings. The number of aromatic nitrogens is 3. The first-order valence-corrected chi connectivity index (χ1v) is 7.97. The van der Waals surface area contributed by atoms with E-state index in [2.05, 4.69) is 10.2 Å². The van der Waals surface area contributed by atoms with Crippen LogP contribution in [-0.2, 0) is 18.3 Å². The van der Waals surface area contributed by atoms with Gasteiger partial charge in [0.2, 0.25) is 0 Å². The van der Waals surface area contributed by atoms with Crippen LogP contribution < -0.4 is 4.74 Å². The van der Waals surface area contributed by atoms with Crippen LogP contribution in [0.25, 0.3) is 0 Å². The second-order valence-corrected chi connectivity index (χ2v) is 5.85. The lowest BCUT2D eigenvalue weighted by Crippen LogP contribution is -2.05. The number of hydrogen-bond donors (Lipinski definition) is 1. The van der Waals surface area contributed by atoms with Gasteiger partial charge in [-0.25, -0.2) is 0 Å². The van der Waals surface area contributed by atoms with Crippen LogP contribution in [-0.4, -0.2) is 38.2 Å². The molecule has 0 radical (unpaired) electrons. The van der Waals surface area contributed by atoms with Gasteiger partial charge in [-0.3, -0.25) is 4.79 Å². The van der Waals surface area contributed by atoms with Crippen LogP contribution in [0.3, 0.4) is 0 Å². The van der Waals surface area contributed by atoms with E-state index in [-0.39, 0.29) is 5.75 Å². The highest BCUT2D eigenvalue weighted by atomic mass is 32.2. The smallest absolute Gasteiger partial charge is 0.313 e. The summed E-state index contributed by atoms with van der Waals surface area (Å²) in [5.74, 6) is 0.824. The Hall–Kier alpha value is -2.02. The number of nitrogens with zero attached hydrogens (tertiary/aromatic N) is 3. The molecule has 118 valence electrons. The molecule has 0 atom stereocenters. The highest BCUT2D eigenvalue weighted by molar-refractivity contribution is 7.99. The molecular weight excluding hydrogens is 302 g/mol. The van der Waals surface area contributed by atoms with E-state index < -0.39 is 5.97 Å². The molecule has 0 bridgehead atoms. The lowest BCUT2D eigenvalue weighted by Gasteiger charge is -2.06. The first-order valence-electron chi connectivity index (χ1n) is 6.98. The number of aryl methyl sites for hydroxylation is 2. The van der Waals surface area contributed by atoms with Crippen LogP contribution in [0.4, 0.5) is 0 Å². The molecule has 1 heterocycles. The van der Waals surface area contributed by atoms with Crippen LogP contribution in [0, 0.1) is 6.92 Å². The van der Waals surface area contributed by atoms with Gasteiger partial charge in [-0.1, -0.05) is 29.5 Å². The number of benzene rings is 1. The van der Waals surface area contributed by atoms with Crippen molar-refractivity contribution >= 4 is 17.7 Å². The molecule has 2 rings (SSSR count). The first kappa shape index (κ1) is 16.4. The number of aliphatic carboxylic acids is 1. The zero-order chi connectivity index (χ0) is 15.9. The number of thioether (sulfide) groups is 1. The molecule has 0 fully saturated rings. The zero-order valence-corrected chi connectivity index (χ0v) is 13.5. The summed E-state index contributed by atoms with van der Waals surface area (Å²) in [6.45, 7) is 2.64. The van der Waals surface area contributed by atoms with E-state index in [9.17, 15) is 4.79 Å². The monoisotopic (exact) mass is 321 g/mol. The minimum atomic E-state index is -0.860. The van der Waals surface area contributed by atoms with Crippen molar-refractivity contribution in [2.45, 2.75) is 24.9 Å². The Morgan fingerprint density at radius 3 is 2.73 bits per heavy atom. The molecule has 0 saturated heterocycles. The summed E-state index contributed by atoms with van der Waals surface area (Å²) in [4.78, 5) is 10.6. The fraction of sp³-hybridized carbons (Fsp3) is 0.400. The molecule has 0 aliphatic heterocycles. The van der Waals surface area contributed by atoms with Gasteiger partial charge in [0.25, 0.3) is 0 Å². The van der Waals surface area contributed by atoms with E-state index in [0.717, 1.165) is 24.4 Å². The van der Waals surface area contributed by atoms with Crippen molar-refractivity contribution in [3.63, 3.8) is 0 Å². The first-order chi connectivity index (χ1) is 10.6. The van der Waals surface area contributed by atoms with Crippen molar-refractivity contribution in [1.29, 1.82) is 0 Å². The highest BCUT2D eigenvalue weighted by Gasteiger charge is 2.10. The summed E-state index contributed by atoms with van der Waals surface area (Å²) < 4.78 is 7.50. The second-order valence-electron chi connectivity index (χ2n) is 4.91. The van der Waals surface area contributed by atoms with Gasteiger partial charge in [0.05, 0.1) is 12.4 Å². The Morgan fingerprint density at radius 2 is 2.05 bits per heavy atom. The molecule has 22 heavy (non-hydrogen) atoms. The van der Waals surface area contributed by atoms with Crippen molar-refractivity contribution in [2.24, 2.45) is 7.05 Å². The lowest BCUT2D eigenvalue weighted by atomic mass is 10.2. The fourth-order valence-electron chi connectivity index (χ4n) is 1.87. The van der Waals surface area contributed by atoms with Gasteiger partial charge >= 0.3 is 5.97 Å². The second kappa shape index (κ2) is 7.84. The molecule has 0 unspecified atom stereocenters. The quantitative estimate of drug-likeness (QED) is 0.594. The minimum Gasteiger partial charge on any atom is -0.494 e. The minimum absolute atomic E-state index is 0.0114. The highest BCUT2D eigenvalue weighted by Crippen LogP contribution is 2.16. The maximum absolute atomic E-state index is 10.6. The summed E-state index contributed by atoms with van der Waals surface area (Å²) >= 11 is 1.17. The third kappa shape index (κ3) is 4.77. The molecule has 0 saturated carbocycles. The normalized spacial score (nSPS) is 10.6. The van der Waals surface area contributed by atoms with Gasteiger partial charge in [0.15, 0.2) is 5.16 Å². The van der Waals surface area contributed by atoms with Crippen LogP contribution in [0.15, 0.2) is 29.4 Å². The van der Waals surface area contributed by atoms with Crippen LogP contribution in [0.5, 0.6) is 5.75 Å². The molecule has 1 aromatic heterocycles. The average molecular weight is 321 g/mol. The summed E-state index contributed by atoms with van der Waals surface area (Å²) in [6, 6.07) is 7.95. The molecule has 0 spiro atoms. The maximum atomic E-state index is 10.6. The molecule has 0 amide bonds. The van der Waals surface area contributed by atoms with Gasteiger partial charge in [-0.15, -0.1) is 10.2 Å².